The Labute approximate surface area is 110 Å². The van der Waals surface area contributed by atoms with Gasteiger partial charge in [0.15, 0.2) is 0 Å². The first-order chi connectivity index (χ1) is 8.65. The van der Waals surface area contributed by atoms with E-state index in [0.29, 0.717) is 36.6 Å². The molecule has 1 N–H and O–H groups in total. The summed E-state index contributed by atoms with van der Waals surface area (Å²) in [6.07, 6.45) is 2.12. The lowest BCUT2D eigenvalue weighted by molar-refractivity contribution is 0.111. The van der Waals surface area contributed by atoms with Gasteiger partial charge in [-0.1, -0.05) is 11.6 Å². The predicted molar refractivity (Wildman–Crippen MR) is 64.9 cm³/mol. The average Bonchev–Trinajstić information content (AvgIpc) is 2.37. The van der Waals surface area contributed by atoms with E-state index in [4.69, 9.17) is 21.4 Å². The minimum atomic E-state index is -0.850. The number of amides is 1. The molecule has 1 fully saturated rings. The number of carboxylic acid groups (broad SMARTS) is 1. The summed E-state index contributed by atoms with van der Waals surface area (Å²) >= 11 is 5.72. The molecule has 6 nitrogen and oxygen atoms in total. The van der Waals surface area contributed by atoms with Crippen LogP contribution < -0.4 is 4.74 Å². The Morgan fingerprint density at radius 2 is 2.22 bits per heavy atom. The van der Waals surface area contributed by atoms with Crippen LogP contribution in [0.4, 0.5) is 4.79 Å². The Kier molecular flexibility index (Phi) is 4.19. The van der Waals surface area contributed by atoms with Crippen LogP contribution in [0.3, 0.4) is 0 Å². The highest BCUT2D eigenvalue weighted by atomic mass is 35.5. The van der Waals surface area contributed by atoms with Crippen LogP contribution in [0.2, 0.25) is 5.15 Å². The summed E-state index contributed by atoms with van der Waals surface area (Å²) in [5.74, 6) is 0.810. The fraction of sp³-hybridized carbons (Fsp3) is 0.545. The molecule has 1 aliphatic rings. The maximum absolute atomic E-state index is 10.7. The molecule has 7 heteroatoms. The maximum Gasteiger partial charge on any atom is 0.407 e. The van der Waals surface area contributed by atoms with Crippen LogP contribution in [0.25, 0.3) is 0 Å². The number of rotatable bonds is 3. The summed E-state index contributed by atoms with van der Waals surface area (Å²) in [5.41, 5.74) is 0. The number of nitrogens with zero attached hydrogens (tertiary/aromatic N) is 3. The topological polar surface area (TPSA) is 75.5 Å². The Morgan fingerprint density at radius 1 is 1.50 bits per heavy atom. The zero-order valence-electron chi connectivity index (χ0n) is 9.75. The van der Waals surface area contributed by atoms with Gasteiger partial charge in [0.1, 0.15) is 11.5 Å². The van der Waals surface area contributed by atoms with Gasteiger partial charge in [-0.3, -0.25) is 0 Å². The van der Waals surface area contributed by atoms with Gasteiger partial charge in [-0.15, -0.1) is 0 Å². The van der Waals surface area contributed by atoms with Gasteiger partial charge in [-0.05, 0) is 18.8 Å². The second kappa shape index (κ2) is 5.86. The molecule has 0 aromatic carbocycles. The summed E-state index contributed by atoms with van der Waals surface area (Å²) in [6.45, 7) is 1.66. The van der Waals surface area contributed by atoms with Gasteiger partial charge in [0, 0.05) is 19.2 Å². The van der Waals surface area contributed by atoms with Crippen LogP contribution in [0.1, 0.15) is 12.8 Å². The summed E-state index contributed by atoms with van der Waals surface area (Å²) in [7, 11) is 0. The van der Waals surface area contributed by atoms with Crippen LogP contribution in [-0.4, -0.2) is 45.8 Å². The summed E-state index contributed by atoms with van der Waals surface area (Å²) in [5, 5.41) is 9.17. The fourth-order valence-corrected chi connectivity index (χ4v) is 2.03. The van der Waals surface area contributed by atoms with Crippen molar-refractivity contribution in [3.63, 3.8) is 0 Å². The molecule has 0 radical (unpaired) electrons. The van der Waals surface area contributed by atoms with Crippen LogP contribution in [0.5, 0.6) is 5.88 Å². The van der Waals surface area contributed by atoms with Gasteiger partial charge in [-0.25, -0.2) is 14.8 Å². The third-order valence-electron chi connectivity index (χ3n) is 2.96. The van der Waals surface area contributed by atoms with Gasteiger partial charge in [-0.2, -0.15) is 0 Å². The first-order valence-corrected chi connectivity index (χ1v) is 6.11. The number of halogens is 1. The van der Waals surface area contributed by atoms with Crippen molar-refractivity contribution in [2.24, 2.45) is 5.92 Å². The van der Waals surface area contributed by atoms with Crippen molar-refractivity contribution in [3.8, 4) is 5.88 Å². The van der Waals surface area contributed by atoms with E-state index in [0.717, 1.165) is 12.8 Å². The van der Waals surface area contributed by atoms with Crippen LogP contribution >= 0.6 is 11.6 Å². The molecule has 1 saturated heterocycles. The fourth-order valence-electron chi connectivity index (χ4n) is 1.89. The SMILES string of the molecule is O=C(O)N1CCC(COc2cc(Cl)ncn2)CC1. The number of piperidine rings is 1. The van der Waals surface area contributed by atoms with Crippen LogP contribution in [0, 0.1) is 5.92 Å². The minimum absolute atomic E-state index is 0.348. The number of hydrogen-bond acceptors (Lipinski definition) is 4. The average molecular weight is 272 g/mol. The molecule has 18 heavy (non-hydrogen) atoms. The second-order valence-electron chi connectivity index (χ2n) is 4.20. The van der Waals surface area contributed by atoms with E-state index in [1.54, 1.807) is 6.07 Å². The first kappa shape index (κ1) is 12.9. The molecular weight excluding hydrogens is 258 g/mol. The number of carbonyl (C=O) groups is 1. The zero-order chi connectivity index (χ0) is 13.0. The highest BCUT2D eigenvalue weighted by molar-refractivity contribution is 6.29. The molecule has 2 heterocycles. The van der Waals surface area contributed by atoms with Gasteiger partial charge in [0.2, 0.25) is 5.88 Å². The van der Waals surface area contributed by atoms with Crippen molar-refractivity contribution in [2.75, 3.05) is 19.7 Å². The molecule has 1 aromatic rings. The third kappa shape index (κ3) is 3.46. The predicted octanol–water partition coefficient (Wildman–Crippen LogP) is 1.90. The highest BCUT2D eigenvalue weighted by Crippen LogP contribution is 2.19. The molecule has 0 unspecified atom stereocenters. The third-order valence-corrected chi connectivity index (χ3v) is 3.17. The van der Waals surface area contributed by atoms with Gasteiger partial charge >= 0.3 is 6.09 Å². The normalized spacial score (nSPS) is 16.6. The number of likely N-dealkylation sites (tertiary alicyclic amines) is 1. The smallest absolute Gasteiger partial charge is 0.407 e. The van der Waals surface area contributed by atoms with Crippen LogP contribution in [0.15, 0.2) is 12.4 Å². The lowest BCUT2D eigenvalue weighted by Crippen LogP contribution is -2.38. The molecule has 0 aliphatic carbocycles. The summed E-state index contributed by atoms with van der Waals surface area (Å²) in [6, 6.07) is 1.56. The minimum Gasteiger partial charge on any atom is -0.477 e. The number of hydrogen-bond donors (Lipinski definition) is 1. The molecule has 1 aromatic heterocycles. The summed E-state index contributed by atoms with van der Waals surface area (Å²) < 4.78 is 5.52. The van der Waals surface area contributed by atoms with Gasteiger partial charge in [0.05, 0.1) is 6.61 Å². The number of ether oxygens (including phenoxy) is 1. The summed E-state index contributed by atoms with van der Waals surface area (Å²) in [4.78, 5) is 19.9. The van der Waals surface area contributed by atoms with E-state index in [2.05, 4.69) is 9.97 Å². The molecule has 1 amide bonds. The molecular formula is C11H14ClN3O3. The Hall–Kier alpha value is -1.56. The van der Waals surface area contributed by atoms with Crippen molar-refractivity contribution < 1.29 is 14.6 Å². The molecule has 0 spiro atoms. The number of aromatic nitrogens is 2. The van der Waals surface area contributed by atoms with E-state index in [9.17, 15) is 4.79 Å². The van der Waals surface area contributed by atoms with Crippen LogP contribution in [-0.2, 0) is 0 Å². The lowest BCUT2D eigenvalue weighted by atomic mass is 9.98. The standard InChI is InChI=1S/C11H14ClN3O3/c12-9-5-10(14-7-13-9)18-6-8-1-3-15(4-2-8)11(16)17/h5,7-8H,1-4,6H2,(H,16,17). The Balaban J connectivity index is 1.77. The zero-order valence-corrected chi connectivity index (χ0v) is 10.5. The molecule has 98 valence electrons. The monoisotopic (exact) mass is 271 g/mol. The van der Waals surface area contributed by atoms with E-state index in [-0.39, 0.29) is 0 Å². The largest absolute Gasteiger partial charge is 0.477 e. The van der Waals surface area contributed by atoms with E-state index >= 15 is 0 Å². The van der Waals surface area contributed by atoms with E-state index < -0.39 is 6.09 Å². The van der Waals surface area contributed by atoms with Crippen molar-refractivity contribution in [1.82, 2.24) is 14.9 Å². The van der Waals surface area contributed by atoms with Gasteiger partial charge in [0.25, 0.3) is 0 Å². The molecule has 0 bridgehead atoms. The first-order valence-electron chi connectivity index (χ1n) is 5.73. The molecule has 1 aliphatic heterocycles. The van der Waals surface area contributed by atoms with E-state index in [1.165, 1.54) is 11.2 Å². The molecule has 2 rings (SSSR count). The van der Waals surface area contributed by atoms with E-state index in [1.807, 2.05) is 0 Å². The highest BCUT2D eigenvalue weighted by Gasteiger charge is 2.22. The quantitative estimate of drug-likeness (QED) is 0.850. The maximum atomic E-state index is 10.7. The Bertz CT molecular complexity index is 422. The molecule has 0 atom stereocenters. The molecule has 0 saturated carbocycles. The lowest BCUT2D eigenvalue weighted by Gasteiger charge is -2.29. The second-order valence-corrected chi connectivity index (χ2v) is 4.59. The van der Waals surface area contributed by atoms with Crippen molar-refractivity contribution in [1.29, 1.82) is 0 Å². The Morgan fingerprint density at radius 3 is 2.83 bits per heavy atom. The van der Waals surface area contributed by atoms with Crippen molar-refractivity contribution >= 4 is 17.7 Å². The van der Waals surface area contributed by atoms with Crippen molar-refractivity contribution in [2.45, 2.75) is 12.8 Å². The van der Waals surface area contributed by atoms with Crippen molar-refractivity contribution in [3.05, 3.63) is 17.5 Å². The van der Waals surface area contributed by atoms with Gasteiger partial charge < -0.3 is 14.7 Å².